The molecule has 3 aliphatic carbocycles. The zero-order chi connectivity index (χ0) is 22.2. The lowest BCUT2D eigenvalue weighted by Crippen LogP contribution is -2.53. The van der Waals surface area contributed by atoms with Crippen LogP contribution >= 0.6 is 0 Å². The minimum atomic E-state index is -0.565. The van der Waals surface area contributed by atoms with Gasteiger partial charge in [0.05, 0.1) is 23.2 Å². The molecule has 1 saturated heterocycles. The molecule has 4 aliphatic rings. The lowest BCUT2D eigenvalue weighted by Gasteiger charge is -2.54. The second-order valence-corrected chi connectivity index (χ2v) is 8.78. The standard InChI is InChI=1S/C26H21N2O4/c1-2-26-19-9-5-3-7-17(19)21(18-8-4-6-10-20(18)26)22-23(26)25(30)27(24(22)29)15-11-13-16(14-12-15)28(31)32/h3-14,21-23,31H,2H2,1H3/q-1/t21?,22-,23-,26?/m0/s1. The zero-order valence-electron chi connectivity index (χ0n) is 17.4. The van der Waals surface area contributed by atoms with Gasteiger partial charge in [-0.15, -0.1) is 0 Å². The Bertz CT molecular complexity index is 1220. The quantitative estimate of drug-likeness (QED) is 0.499. The highest BCUT2D eigenvalue weighted by Crippen LogP contribution is 2.65. The summed E-state index contributed by atoms with van der Waals surface area (Å²) >= 11 is 0. The van der Waals surface area contributed by atoms with Crippen LogP contribution in [-0.4, -0.2) is 17.0 Å². The summed E-state index contributed by atoms with van der Waals surface area (Å²) in [7, 11) is 0. The average molecular weight is 425 g/mol. The number of anilines is 2. The Labute approximate surface area is 185 Å². The van der Waals surface area contributed by atoms with Crippen LogP contribution in [0.3, 0.4) is 0 Å². The molecule has 0 unspecified atom stereocenters. The predicted octanol–water partition coefficient (Wildman–Crippen LogP) is 4.34. The summed E-state index contributed by atoms with van der Waals surface area (Å²) in [4.78, 5) is 29.0. The van der Waals surface area contributed by atoms with Crippen LogP contribution in [0.1, 0.15) is 41.5 Å². The third-order valence-corrected chi connectivity index (χ3v) is 7.68. The predicted molar refractivity (Wildman–Crippen MR) is 119 cm³/mol. The van der Waals surface area contributed by atoms with Crippen molar-refractivity contribution in [3.63, 3.8) is 0 Å². The molecule has 3 aromatic carbocycles. The van der Waals surface area contributed by atoms with Gasteiger partial charge >= 0.3 is 0 Å². The molecule has 3 aromatic rings. The average Bonchev–Trinajstić information content (AvgIpc) is 3.10. The van der Waals surface area contributed by atoms with Crippen molar-refractivity contribution in [1.82, 2.24) is 0 Å². The Hall–Kier alpha value is -3.48. The SMILES string of the molecule is CCC12c3ccccc3C(c3ccccc31)[C@@H]1C(=O)N(c3ccc(N([O-])O)cc3)C(=O)[C@H]12. The van der Waals surface area contributed by atoms with Crippen LogP contribution in [0, 0.1) is 17.0 Å². The molecule has 1 heterocycles. The van der Waals surface area contributed by atoms with E-state index in [1.54, 1.807) is 0 Å². The fourth-order valence-corrected chi connectivity index (χ4v) is 6.51. The van der Waals surface area contributed by atoms with E-state index in [1.165, 1.54) is 29.2 Å². The fourth-order valence-electron chi connectivity index (χ4n) is 6.51. The summed E-state index contributed by atoms with van der Waals surface area (Å²) < 4.78 is 0. The zero-order valence-corrected chi connectivity index (χ0v) is 17.4. The summed E-state index contributed by atoms with van der Waals surface area (Å²) in [6, 6.07) is 22.3. The van der Waals surface area contributed by atoms with E-state index >= 15 is 0 Å². The van der Waals surface area contributed by atoms with Crippen molar-refractivity contribution >= 4 is 23.2 Å². The summed E-state index contributed by atoms with van der Waals surface area (Å²) in [5.74, 6) is -1.53. The minimum absolute atomic E-state index is 0.0372. The molecular formula is C26H21N2O4-. The van der Waals surface area contributed by atoms with Crippen LogP contribution in [0.25, 0.3) is 0 Å². The van der Waals surface area contributed by atoms with E-state index in [-0.39, 0.29) is 28.6 Å². The second kappa shape index (κ2) is 6.51. The monoisotopic (exact) mass is 425 g/mol. The van der Waals surface area contributed by atoms with Crippen molar-refractivity contribution in [2.24, 2.45) is 11.8 Å². The summed E-state index contributed by atoms with van der Waals surface area (Å²) in [5.41, 5.74) is 4.45. The molecule has 2 amide bonds. The molecule has 1 fully saturated rings. The maximum atomic E-state index is 13.9. The van der Waals surface area contributed by atoms with E-state index in [4.69, 9.17) is 5.21 Å². The van der Waals surface area contributed by atoms with E-state index in [0.717, 1.165) is 22.3 Å². The summed E-state index contributed by atoms with van der Waals surface area (Å²) in [6.07, 6.45) is 0.705. The van der Waals surface area contributed by atoms with Gasteiger partial charge in [0, 0.05) is 11.3 Å². The first-order valence-corrected chi connectivity index (χ1v) is 10.8. The van der Waals surface area contributed by atoms with Crippen molar-refractivity contribution in [3.8, 4) is 0 Å². The van der Waals surface area contributed by atoms with E-state index in [9.17, 15) is 14.8 Å². The molecule has 2 atom stereocenters. The molecule has 0 saturated carbocycles. The normalized spacial score (nSPS) is 27.2. The smallest absolute Gasteiger partial charge is 0.238 e. The molecule has 6 heteroatoms. The topological polar surface area (TPSA) is 83.9 Å². The number of amides is 2. The first-order valence-electron chi connectivity index (χ1n) is 10.8. The number of rotatable bonds is 3. The summed E-state index contributed by atoms with van der Waals surface area (Å²) in [5, 5.41) is 20.1. The first-order chi connectivity index (χ1) is 15.5. The number of carbonyl (C=O) groups is 2. The molecule has 7 rings (SSSR count). The number of imide groups is 1. The minimum Gasteiger partial charge on any atom is -0.733 e. The number of carbonyl (C=O) groups excluding carboxylic acids is 2. The Kier molecular flexibility index (Phi) is 3.91. The second-order valence-electron chi connectivity index (χ2n) is 8.78. The molecule has 32 heavy (non-hydrogen) atoms. The van der Waals surface area contributed by atoms with Gasteiger partial charge in [0.25, 0.3) is 0 Å². The van der Waals surface area contributed by atoms with Gasteiger partial charge in [0.2, 0.25) is 11.8 Å². The van der Waals surface area contributed by atoms with E-state index < -0.39 is 17.3 Å². The van der Waals surface area contributed by atoms with Crippen LogP contribution in [0.5, 0.6) is 0 Å². The van der Waals surface area contributed by atoms with E-state index in [2.05, 4.69) is 31.2 Å². The van der Waals surface area contributed by atoms with Crippen molar-refractivity contribution in [2.75, 3.05) is 10.1 Å². The van der Waals surface area contributed by atoms with Crippen molar-refractivity contribution in [3.05, 3.63) is 100 Å². The van der Waals surface area contributed by atoms with Crippen LogP contribution in [0.4, 0.5) is 11.4 Å². The molecule has 2 bridgehead atoms. The maximum absolute atomic E-state index is 13.9. The molecule has 6 nitrogen and oxygen atoms in total. The third kappa shape index (κ3) is 2.16. The van der Waals surface area contributed by atoms with Crippen molar-refractivity contribution < 1.29 is 14.8 Å². The van der Waals surface area contributed by atoms with Crippen molar-refractivity contribution in [2.45, 2.75) is 24.7 Å². The van der Waals surface area contributed by atoms with Crippen LogP contribution < -0.4 is 10.1 Å². The number of hydrogen-bond acceptors (Lipinski definition) is 5. The third-order valence-electron chi connectivity index (χ3n) is 7.68. The molecule has 0 spiro atoms. The van der Waals surface area contributed by atoms with Crippen LogP contribution in [0.2, 0.25) is 0 Å². The van der Waals surface area contributed by atoms with Gasteiger partial charge in [0.1, 0.15) is 0 Å². The van der Waals surface area contributed by atoms with Crippen LogP contribution in [0.15, 0.2) is 72.8 Å². The number of hydrogen-bond donors (Lipinski definition) is 1. The number of benzene rings is 3. The first kappa shape index (κ1) is 19.2. The Morgan fingerprint density at radius 1 is 0.906 bits per heavy atom. The van der Waals surface area contributed by atoms with Gasteiger partial charge in [-0.05, 0) is 52.9 Å². The Morgan fingerprint density at radius 2 is 1.47 bits per heavy atom. The maximum Gasteiger partial charge on any atom is 0.238 e. The largest absolute Gasteiger partial charge is 0.733 e. The molecule has 0 aromatic heterocycles. The lowest BCUT2D eigenvalue weighted by atomic mass is 9.46. The highest BCUT2D eigenvalue weighted by Gasteiger charge is 2.67. The van der Waals surface area contributed by atoms with Crippen molar-refractivity contribution in [1.29, 1.82) is 0 Å². The highest BCUT2D eigenvalue weighted by atomic mass is 16.8. The van der Waals surface area contributed by atoms with Gasteiger partial charge in [-0.3, -0.25) is 14.8 Å². The molecule has 1 aliphatic heterocycles. The fraction of sp³-hybridized carbons (Fsp3) is 0.231. The molecule has 0 radical (unpaired) electrons. The molecular weight excluding hydrogens is 404 g/mol. The lowest BCUT2D eigenvalue weighted by molar-refractivity contribution is -0.123. The number of nitrogens with zero attached hydrogens (tertiary/aromatic N) is 2. The summed E-state index contributed by atoms with van der Waals surface area (Å²) in [6.45, 7) is 2.09. The van der Waals surface area contributed by atoms with Crippen LogP contribution in [-0.2, 0) is 15.0 Å². The van der Waals surface area contributed by atoms with Gasteiger partial charge in [0.15, 0.2) is 0 Å². The van der Waals surface area contributed by atoms with Gasteiger partial charge in [-0.25, -0.2) is 4.90 Å². The Balaban J connectivity index is 1.57. The molecule has 160 valence electrons. The van der Waals surface area contributed by atoms with E-state index in [0.29, 0.717) is 12.1 Å². The Morgan fingerprint density at radius 3 is 2.00 bits per heavy atom. The van der Waals surface area contributed by atoms with Gasteiger partial charge in [-0.1, -0.05) is 55.5 Å². The highest BCUT2D eigenvalue weighted by molar-refractivity contribution is 6.23. The van der Waals surface area contributed by atoms with Gasteiger partial charge < -0.3 is 10.4 Å². The molecule has 1 N–H and O–H groups in total. The van der Waals surface area contributed by atoms with Gasteiger partial charge in [-0.2, -0.15) is 0 Å². The van der Waals surface area contributed by atoms with E-state index in [1.807, 2.05) is 24.3 Å².